The zero-order valence-corrected chi connectivity index (χ0v) is 14.0. The Labute approximate surface area is 129 Å². The van der Waals surface area contributed by atoms with Gasteiger partial charge in [-0.1, -0.05) is 13.8 Å². The molecule has 21 heavy (non-hydrogen) atoms. The summed E-state index contributed by atoms with van der Waals surface area (Å²) in [6.45, 7) is 6.88. The molecular weight excluding hydrogens is 314 g/mol. The van der Waals surface area contributed by atoms with Crippen molar-refractivity contribution in [3.8, 4) is 0 Å². The van der Waals surface area contributed by atoms with Crippen LogP contribution in [0.3, 0.4) is 0 Å². The van der Waals surface area contributed by atoms with E-state index < -0.39 is 15.0 Å². The van der Waals surface area contributed by atoms with Crippen molar-refractivity contribution in [2.45, 2.75) is 44.4 Å². The number of carbonyl (C=O) groups excluding carboxylic acids is 1. The number of carbonyl (C=O) groups is 1. The maximum Gasteiger partial charge on any atom is 0.275 e. The van der Waals surface area contributed by atoms with Crippen LogP contribution in [0.25, 0.3) is 0 Å². The van der Waals surface area contributed by atoms with Crippen molar-refractivity contribution in [3.05, 3.63) is 11.4 Å². The predicted octanol–water partition coefficient (Wildman–Crippen LogP) is 2.33. The Bertz CT molecular complexity index is 635. The number of H-pyrrole nitrogens is 1. The molecular formula is C13H20ClN3O3S. The van der Waals surface area contributed by atoms with Gasteiger partial charge in [-0.3, -0.25) is 9.89 Å². The summed E-state index contributed by atoms with van der Waals surface area (Å²) in [7, 11) is 1.51. The van der Waals surface area contributed by atoms with Crippen LogP contribution >= 0.6 is 10.7 Å². The number of amides is 1. The Kier molecular flexibility index (Phi) is 4.63. The van der Waals surface area contributed by atoms with Gasteiger partial charge >= 0.3 is 0 Å². The van der Waals surface area contributed by atoms with Crippen molar-refractivity contribution in [1.82, 2.24) is 15.1 Å². The van der Waals surface area contributed by atoms with Crippen LogP contribution in [0.5, 0.6) is 0 Å². The number of aromatic amines is 1. The lowest BCUT2D eigenvalue weighted by atomic mass is 10.2. The largest absolute Gasteiger partial charge is 0.337 e. The van der Waals surface area contributed by atoms with E-state index in [9.17, 15) is 13.2 Å². The maximum atomic E-state index is 12.6. The van der Waals surface area contributed by atoms with E-state index in [1.165, 1.54) is 0 Å². The second-order valence-corrected chi connectivity index (χ2v) is 8.27. The van der Waals surface area contributed by atoms with Crippen LogP contribution in [0.2, 0.25) is 0 Å². The van der Waals surface area contributed by atoms with E-state index in [0.717, 1.165) is 12.8 Å². The van der Waals surface area contributed by atoms with Crippen LogP contribution in [0, 0.1) is 5.92 Å². The number of hydrogen-bond donors (Lipinski definition) is 1. The number of rotatable bonds is 6. The Morgan fingerprint density at radius 2 is 2.10 bits per heavy atom. The van der Waals surface area contributed by atoms with E-state index in [0.29, 0.717) is 18.8 Å². The van der Waals surface area contributed by atoms with Gasteiger partial charge < -0.3 is 4.90 Å². The van der Waals surface area contributed by atoms with Crippen molar-refractivity contribution in [3.63, 3.8) is 0 Å². The molecule has 6 nitrogen and oxygen atoms in total. The van der Waals surface area contributed by atoms with Crippen molar-refractivity contribution >= 4 is 25.6 Å². The van der Waals surface area contributed by atoms with Gasteiger partial charge in [0, 0.05) is 29.7 Å². The zero-order chi connectivity index (χ0) is 15.8. The molecule has 0 bridgehead atoms. The topological polar surface area (TPSA) is 83.1 Å². The lowest BCUT2D eigenvalue weighted by molar-refractivity contribution is 0.0736. The van der Waals surface area contributed by atoms with E-state index in [2.05, 4.69) is 10.2 Å². The predicted molar refractivity (Wildman–Crippen MR) is 80.0 cm³/mol. The molecule has 1 aliphatic rings. The minimum Gasteiger partial charge on any atom is -0.337 e. The molecule has 8 heteroatoms. The van der Waals surface area contributed by atoms with Gasteiger partial charge in [0.1, 0.15) is 4.90 Å². The van der Waals surface area contributed by atoms with Gasteiger partial charge in [0.2, 0.25) is 0 Å². The van der Waals surface area contributed by atoms with Crippen molar-refractivity contribution in [1.29, 1.82) is 0 Å². The summed E-state index contributed by atoms with van der Waals surface area (Å²) >= 11 is 0. The first kappa shape index (κ1) is 16.3. The molecule has 0 saturated heterocycles. The first-order chi connectivity index (χ1) is 9.75. The van der Waals surface area contributed by atoms with Crippen LogP contribution in [0.4, 0.5) is 0 Å². The summed E-state index contributed by atoms with van der Waals surface area (Å²) in [5.74, 6) is 0.00290. The summed E-state index contributed by atoms with van der Waals surface area (Å²) in [4.78, 5) is 14.0. The second-order valence-electron chi connectivity index (χ2n) is 5.76. The van der Waals surface area contributed by atoms with E-state index in [1.54, 1.807) is 4.90 Å². The van der Waals surface area contributed by atoms with E-state index in [-0.39, 0.29) is 22.4 Å². The molecule has 2 rings (SSSR count). The maximum absolute atomic E-state index is 12.6. The van der Waals surface area contributed by atoms with Gasteiger partial charge in [0.15, 0.2) is 5.69 Å². The number of nitrogens with one attached hydrogen (secondary N) is 1. The fraction of sp³-hybridized carbons (Fsp3) is 0.692. The lowest BCUT2D eigenvalue weighted by Crippen LogP contribution is -2.34. The Balaban J connectivity index is 2.41. The van der Waals surface area contributed by atoms with E-state index in [1.807, 2.05) is 20.8 Å². The number of aromatic nitrogens is 2. The summed E-state index contributed by atoms with van der Waals surface area (Å²) in [5, 5.41) is 6.64. The van der Waals surface area contributed by atoms with Gasteiger partial charge in [0.05, 0.1) is 5.69 Å². The molecule has 1 N–H and O–H groups in total. The van der Waals surface area contributed by atoms with Gasteiger partial charge in [-0.2, -0.15) is 5.10 Å². The third-order valence-corrected chi connectivity index (χ3v) is 4.80. The van der Waals surface area contributed by atoms with Gasteiger partial charge in [-0.15, -0.1) is 0 Å². The molecule has 1 heterocycles. The lowest BCUT2D eigenvalue weighted by Gasteiger charge is -2.22. The first-order valence-electron chi connectivity index (χ1n) is 7.07. The van der Waals surface area contributed by atoms with Crippen LogP contribution < -0.4 is 0 Å². The number of halogens is 1. The quantitative estimate of drug-likeness (QED) is 0.810. The van der Waals surface area contributed by atoms with Gasteiger partial charge in [-0.05, 0) is 25.7 Å². The Morgan fingerprint density at radius 3 is 2.52 bits per heavy atom. The first-order valence-corrected chi connectivity index (χ1v) is 9.38. The third kappa shape index (κ3) is 3.58. The average molecular weight is 334 g/mol. The van der Waals surface area contributed by atoms with Gasteiger partial charge in [0.25, 0.3) is 15.0 Å². The summed E-state index contributed by atoms with van der Waals surface area (Å²) in [5.41, 5.74) is 0.378. The van der Waals surface area contributed by atoms with Crippen LogP contribution in [-0.2, 0) is 9.05 Å². The van der Waals surface area contributed by atoms with E-state index in [4.69, 9.17) is 10.7 Å². The third-order valence-electron chi connectivity index (χ3n) is 3.43. The SMILES string of the molecule is CCN(CC(C)C)C(=O)c1n[nH]c(C2CC2)c1S(=O)(=O)Cl. The van der Waals surface area contributed by atoms with Crippen molar-refractivity contribution in [2.75, 3.05) is 13.1 Å². The van der Waals surface area contributed by atoms with Crippen molar-refractivity contribution < 1.29 is 13.2 Å². The molecule has 1 aliphatic carbocycles. The monoisotopic (exact) mass is 333 g/mol. The zero-order valence-electron chi connectivity index (χ0n) is 12.4. The summed E-state index contributed by atoms with van der Waals surface area (Å²) < 4.78 is 23.7. The molecule has 1 fully saturated rings. The number of hydrogen-bond acceptors (Lipinski definition) is 4. The molecule has 1 aromatic rings. The van der Waals surface area contributed by atoms with Crippen molar-refractivity contribution in [2.24, 2.45) is 5.92 Å². The highest BCUT2D eigenvalue weighted by atomic mass is 35.7. The molecule has 0 radical (unpaired) electrons. The van der Waals surface area contributed by atoms with Crippen LogP contribution in [-0.4, -0.2) is 42.5 Å². The molecule has 0 atom stereocenters. The Hall–Kier alpha value is -1.08. The second kappa shape index (κ2) is 5.96. The minimum atomic E-state index is -4.01. The highest BCUT2D eigenvalue weighted by Gasteiger charge is 2.37. The molecule has 1 aromatic heterocycles. The normalized spacial score (nSPS) is 15.5. The molecule has 0 unspecified atom stereocenters. The van der Waals surface area contributed by atoms with Crippen LogP contribution in [0.15, 0.2) is 4.90 Å². The molecule has 0 spiro atoms. The molecule has 0 aliphatic heterocycles. The van der Waals surface area contributed by atoms with Crippen LogP contribution in [0.1, 0.15) is 55.7 Å². The summed E-state index contributed by atoms with van der Waals surface area (Å²) in [6.07, 6.45) is 1.78. The standard InChI is InChI=1S/C13H20ClN3O3S/c1-4-17(7-8(2)3)13(18)11-12(21(14,19)20)10(15-16-11)9-5-6-9/h8-9H,4-7H2,1-3H3,(H,15,16). The highest BCUT2D eigenvalue weighted by Crippen LogP contribution is 2.43. The smallest absolute Gasteiger partial charge is 0.275 e. The molecule has 1 saturated carbocycles. The highest BCUT2D eigenvalue weighted by molar-refractivity contribution is 8.13. The fourth-order valence-corrected chi connectivity index (χ4v) is 3.64. The Morgan fingerprint density at radius 1 is 1.48 bits per heavy atom. The molecule has 1 amide bonds. The molecule has 0 aromatic carbocycles. The molecule has 118 valence electrons. The van der Waals surface area contributed by atoms with E-state index >= 15 is 0 Å². The van der Waals surface area contributed by atoms with Gasteiger partial charge in [-0.25, -0.2) is 8.42 Å². The number of nitrogens with zero attached hydrogens (tertiary/aromatic N) is 2. The summed E-state index contributed by atoms with van der Waals surface area (Å²) in [6, 6.07) is 0. The fourth-order valence-electron chi connectivity index (χ4n) is 2.33. The average Bonchev–Trinajstić information content (AvgIpc) is 3.12. The minimum absolute atomic E-state index is 0.0885.